The summed E-state index contributed by atoms with van der Waals surface area (Å²) in [5.74, 6) is 0.167. The van der Waals surface area contributed by atoms with E-state index in [0.29, 0.717) is 19.8 Å². The van der Waals surface area contributed by atoms with Crippen molar-refractivity contribution in [1.82, 2.24) is 4.90 Å². The summed E-state index contributed by atoms with van der Waals surface area (Å²) in [6.45, 7) is 8.45. The van der Waals surface area contributed by atoms with Gasteiger partial charge in [0, 0.05) is 39.3 Å². The summed E-state index contributed by atoms with van der Waals surface area (Å²) in [6.07, 6.45) is 0.863. The van der Waals surface area contributed by atoms with Gasteiger partial charge in [0.05, 0.1) is 6.61 Å². The van der Waals surface area contributed by atoms with Gasteiger partial charge < -0.3 is 14.4 Å². The van der Waals surface area contributed by atoms with Crippen molar-refractivity contribution >= 4 is 5.91 Å². The fourth-order valence-electron chi connectivity index (χ4n) is 1.39. The lowest BCUT2D eigenvalue weighted by atomic mass is 9.94. The molecule has 0 bridgehead atoms. The molecule has 4 heteroatoms. The highest BCUT2D eigenvalue weighted by Gasteiger charge is 2.26. The van der Waals surface area contributed by atoms with Gasteiger partial charge in [0.25, 0.3) is 0 Å². The van der Waals surface area contributed by atoms with Crippen molar-refractivity contribution in [3.8, 4) is 0 Å². The Morgan fingerprint density at radius 1 is 1.06 bits per heavy atom. The molecule has 0 rings (SSSR count). The molecule has 0 aromatic heterocycles. The second-order valence-corrected chi connectivity index (χ2v) is 4.88. The van der Waals surface area contributed by atoms with Crippen LogP contribution in [0.5, 0.6) is 0 Å². The molecule has 0 aromatic carbocycles. The Hall–Kier alpha value is -0.610. The Kier molecular flexibility index (Phi) is 7.34. The normalized spacial score (nSPS) is 11.6. The van der Waals surface area contributed by atoms with Crippen molar-refractivity contribution in [2.75, 3.05) is 40.5 Å². The van der Waals surface area contributed by atoms with Crippen LogP contribution in [-0.2, 0) is 14.3 Å². The van der Waals surface area contributed by atoms with Crippen LogP contribution < -0.4 is 0 Å². The predicted molar refractivity (Wildman–Crippen MR) is 64.4 cm³/mol. The van der Waals surface area contributed by atoms with Crippen molar-refractivity contribution in [2.24, 2.45) is 5.41 Å². The number of nitrogens with zero attached hydrogens (tertiary/aromatic N) is 1. The average Bonchev–Trinajstić information content (AvgIpc) is 2.21. The van der Waals surface area contributed by atoms with Crippen molar-refractivity contribution in [3.63, 3.8) is 0 Å². The van der Waals surface area contributed by atoms with E-state index in [9.17, 15) is 4.79 Å². The third-order valence-corrected chi connectivity index (χ3v) is 2.27. The van der Waals surface area contributed by atoms with Crippen LogP contribution in [0.15, 0.2) is 0 Å². The number of rotatable bonds is 7. The van der Waals surface area contributed by atoms with Gasteiger partial charge in [-0.3, -0.25) is 4.79 Å². The molecular formula is C12H25NO3. The maximum absolute atomic E-state index is 12.1. The van der Waals surface area contributed by atoms with E-state index < -0.39 is 0 Å². The number of amides is 1. The Labute approximate surface area is 98.9 Å². The summed E-state index contributed by atoms with van der Waals surface area (Å²) < 4.78 is 10.0. The number of hydrogen-bond donors (Lipinski definition) is 0. The number of ether oxygens (including phenoxy) is 2. The third kappa shape index (κ3) is 6.08. The molecule has 0 unspecified atom stereocenters. The van der Waals surface area contributed by atoms with Gasteiger partial charge >= 0.3 is 0 Å². The molecule has 0 aliphatic rings. The lowest BCUT2D eigenvalue weighted by molar-refractivity contribution is -0.140. The summed E-state index contributed by atoms with van der Waals surface area (Å²) in [7, 11) is 3.32. The molecule has 0 saturated heterocycles. The summed E-state index contributed by atoms with van der Waals surface area (Å²) in [4.78, 5) is 13.9. The van der Waals surface area contributed by atoms with Crippen LogP contribution in [0.2, 0.25) is 0 Å². The molecule has 16 heavy (non-hydrogen) atoms. The first-order valence-corrected chi connectivity index (χ1v) is 5.70. The van der Waals surface area contributed by atoms with Crippen LogP contribution >= 0.6 is 0 Å². The smallest absolute Gasteiger partial charge is 0.228 e. The lowest BCUT2D eigenvalue weighted by Crippen LogP contribution is -2.42. The first-order chi connectivity index (χ1) is 7.43. The highest BCUT2D eigenvalue weighted by Crippen LogP contribution is 2.17. The van der Waals surface area contributed by atoms with Crippen LogP contribution in [0, 0.1) is 5.41 Å². The first kappa shape index (κ1) is 15.4. The molecule has 0 aliphatic heterocycles. The maximum atomic E-state index is 12.1. The second kappa shape index (κ2) is 7.63. The minimum Gasteiger partial charge on any atom is -0.385 e. The molecule has 0 radical (unpaired) electrons. The molecule has 96 valence electrons. The van der Waals surface area contributed by atoms with E-state index in [1.807, 2.05) is 25.7 Å². The van der Waals surface area contributed by atoms with Gasteiger partial charge in [-0.05, 0) is 6.42 Å². The third-order valence-electron chi connectivity index (χ3n) is 2.27. The van der Waals surface area contributed by atoms with Gasteiger partial charge in [0.1, 0.15) is 0 Å². The Balaban J connectivity index is 4.24. The minimum absolute atomic E-state index is 0.167. The van der Waals surface area contributed by atoms with Crippen LogP contribution in [0.4, 0.5) is 0 Å². The summed E-state index contributed by atoms with van der Waals surface area (Å²) in [6, 6.07) is 0. The Bertz CT molecular complexity index is 199. The fourth-order valence-corrected chi connectivity index (χ4v) is 1.39. The summed E-state index contributed by atoms with van der Waals surface area (Å²) in [5, 5.41) is 0. The maximum Gasteiger partial charge on any atom is 0.228 e. The van der Waals surface area contributed by atoms with E-state index in [-0.39, 0.29) is 11.3 Å². The molecule has 4 nitrogen and oxygen atoms in total. The van der Waals surface area contributed by atoms with E-state index in [1.165, 1.54) is 0 Å². The number of hydrogen-bond acceptors (Lipinski definition) is 3. The van der Waals surface area contributed by atoms with Gasteiger partial charge in [0.2, 0.25) is 5.91 Å². The van der Waals surface area contributed by atoms with Gasteiger partial charge in [-0.25, -0.2) is 0 Å². The van der Waals surface area contributed by atoms with E-state index >= 15 is 0 Å². The quantitative estimate of drug-likeness (QED) is 0.624. The predicted octanol–water partition coefficient (Wildman–Crippen LogP) is 1.54. The van der Waals surface area contributed by atoms with Crippen LogP contribution in [-0.4, -0.2) is 51.3 Å². The second-order valence-electron chi connectivity index (χ2n) is 4.88. The van der Waals surface area contributed by atoms with Gasteiger partial charge in [0.15, 0.2) is 0 Å². The van der Waals surface area contributed by atoms with Gasteiger partial charge in [-0.15, -0.1) is 0 Å². The first-order valence-electron chi connectivity index (χ1n) is 5.70. The van der Waals surface area contributed by atoms with Gasteiger partial charge in [-0.2, -0.15) is 0 Å². The molecule has 0 saturated carbocycles. The molecule has 0 N–H and O–H groups in total. The van der Waals surface area contributed by atoms with Gasteiger partial charge in [-0.1, -0.05) is 20.8 Å². The van der Waals surface area contributed by atoms with Crippen molar-refractivity contribution in [2.45, 2.75) is 27.2 Å². The average molecular weight is 231 g/mol. The Morgan fingerprint density at radius 3 is 2.06 bits per heavy atom. The van der Waals surface area contributed by atoms with Crippen LogP contribution in [0.1, 0.15) is 27.2 Å². The molecule has 1 amide bonds. The van der Waals surface area contributed by atoms with E-state index in [2.05, 4.69) is 0 Å². The molecule has 0 fully saturated rings. The molecular weight excluding hydrogens is 206 g/mol. The highest BCUT2D eigenvalue weighted by molar-refractivity contribution is 5.81. The standard InChI is InChI=1S/C12H25NO3/c1-12(2,3)11(14)13(8-10-16-5)7-6-9-15-4/h6-10H2,1-5H3. The van der Waals surface area contributed by atoms with E-state index in [1.54, 1.807) is 14.2 Å². The monoisotopic (exact) mass is 231 g/mol. The lowest BCUT2D eigenvalue weighted by Gasteiger charge is -2.29. The summed E-state index contributed by atoms with van der Waals surface area (Å²) >= 11 is 0. The molecule has 0 aromatic rings. The number of carbonyl (C=O) groups excluding carboxylic acids is 1. The Morgan fingerprint density at radius 2 is 1.62 bits per heavy atom. The van der Waals surface area contributed by atoms with Crippen molar-refractivity contribution in [3.05, 3.63) is 0 Å². The van der Waals surface area contributed by atoms with Crippen molar-refractivity contribution < 1.29 is 14.3 Å². The number of carbonyl (C=O) groups is 1. The molecule has 0 spiro atoms. The summed E-state index contributed by atoms with van der Waals surface area (Å²) in [5.41, 5.74) is -0.333. The minimum atomic E-state index is -0.333. The highest BCUT2D eigenvalue weighted by atomic mass is 16.5. The largest absolute Gasteiger partial charge is 0.385 e. The zero-order chi connectivity index (χ0) is 12.6. The van der Waals surface area contributed by atoms with Crippen molar-refractivity contribution in [1.29, 1.82) is 0 Å². The fraction of sp³-hybridized carbons (Fsp3) is 0.917. The molecule has 0 atom stereocenters. The molecule has 0 heterocycles. The SMILES string of the molecule is COCCCN(CCOC)C(=O)C(C)(C)C. The topological polar surface area (TPSA) is 38.8 Å². The van der Waals surface area contributed by atoms with E-state index in [4.69, 9.17) is 9.47 Å². The zero-order valence-corrected chi connectivity index (χ0v) is 11.2. The molecule has 0 aliphatic carbocycles. The number of methoxy groups -OCH3 is 2. The van der Waals surface area contributed by atoms with Crippen LogP contribution in [0.3, 0.4) is 0 Å². The van der Waals surface area contributed by atoms with Crippen LogP contribution in [0.25, 0.3) is 0 Å². The zero-order valence-electron chi connectivity index (χ0n) is 11.2. The van der Waals surface area contributed by atoms with E-state index in [0.717, 1.165) is 13.0 Å².